The van der Waals surface area contributed by atoms with Crippen molar-refractivity contribution in [2.75, 3.05) is 6.61 Å². The predicted octanol–water partition coefficient (Wildman–Crippen LogP) is 3.24. The van der Waals surface area contributed by atoms with E-state index in [1.807, 2.05) is 6.07 Å². The third kappa shape index (κ3) is 5.27. The van der Waals surface area contributed by atoms with Crippen molar-refractivity contribution in [1.29, 1.82) is 0 Å². The number of ether oxygens (including phenoxy) is 1. The molecule has 0 N–H and O–H groups in total. The van der Waals surface area contributed by atoms with Crippen molar-refractivity contribution in [3.63, 3.8) is 0 Å². The van der Waals surface area contributed by atoms with Crippen molar-refractivity contribution in [1.82, 2.24) is 0 Å². The van der Waals surface area contributed by atoms with Gasteiger partial charge in [0.25, 0.3) is 0 Å². The van der Waals surface area contributed by atoms with Crippen LogP contribution in [0.5, 0.6) is 5.75 Å². The van der Waals surface area contributed by atoms with Gasteiger partial charge in [0.2, 0.25) is 0 Å². The van der Waals surface area contributed by atoms with Crippen molar-refractivity contribution >= 4 is 22.2 Å². The summed E-state index contributed by atoms with van der Waals surface area (Å²) in [5.74, 6) is -0.346. The van der Waals surface area contributed by atoms with Crippen LogP contribution in [0.15, 0.2) is 60.0 Å². The Morgan fingerprint density at radius 3 is 2.30 bits per heavy atom. The predicted molar refractivity (Wildman–Crippen MR) is 87.4 cm³/mol. The summed E-state index contributed by atoms with van der Waals surface area (Å²) in [5, 5.41) is 0.988. The minimum absolute atomic E-state index is 0.121. The van der Waals surface area contributed by atoms with E-state index in [1.165, 1.54) is 30.3 Å². The quantitative estimate of drug-likeness (QED) is 0.600. The Balaban J connectivity index is 2.06. The minimum Gasteiger partial charge on any atom is -0.462 e. The van der Waals surface area contributed by atoms with Gasteiger partial charge in [-0.15, -0.1) is 0 Å². The zero-order chi connectivity index (χ0) is 16.7. The van der Waals surface area contributed by atoms with E-state index in [1.54, 1.807) is 31.2 Å². The van der Waals surface area contributed by atoms with E-state index in [0.29, 0.717) is 5.56 Å². The average molecular weight is 332 g/mol. The molecular weight excluding hydrogens is 316 g/mol. The molecule has 0 saturated heterocycles. The molecule has 0 aromatic heterocycles. The maximum Gasteiger partial charge on any atom is 0.338 e. The zero-order valence-electron chi connectivity index (χ0n) is 12.5. The van der Waals surface area contributed by atoms with Gasteiger partial charge in [-0.1, -0.05) is 30.3 Å². The van der Waals surface area contributed by atoms with Gasteiger partial charge < -0.3 is 8.92 Å². The van der Waals surface area contributed by atoms with Crippen LogP contribution in [0.1, 0.15) is 22.8 Å². The van der Waals surface area contributed by atoms with Crippen LogP contribution in [0.2, 0.25) is 0 Å². The molecule has 23 heavy (non-hydrogen) atoms. The molecule has 0 heterocycles. The smallest absolute Gasteiger partial charge is 0.338 e. The van der Waals surface area contributed by atoms with Gasteiger partial charge in [0.1, 0.15) is 5.75 Å². The maximum atomic E-state index is 11.9. The number of benzene rings is 2. The second-order valence-electron chi connectivity index (χ2n) is 4.53. The van der Waals surface area contributed by atoms with Crippen LogP contribution in [0.4, 0.5) is 0 Å². The van der Waals surface area contributed by atoms with Crippen LogP contribution in [0.3, 0.4) is 0 Å². The van der Waals surface area contributed by atoms with Crippen molar-refractivity contribution in [3.05, 3.63) is 71.1 Å². The van der Waals surface area contributed by atoms with Crippen LogP contribution >= 0.6 is 0 Å². The standard InChI is InChI=1S/C17H16O5S/c1-2-21-17(18)15-8-10-16(11-9-15)22-23(19,20)13-12-14-6-4-3-5-7-14/h3-13H,2H2,1H3. The second kappa shape index (κ2) is 7.60. The van der Waals surface area contributed by atoms with Crippen molar-refractivity contribution in [2.45, 2.75) is 6.92 Å². The highest BCUT2D eigenvalue weighted by atomic mass is 32.2. The lowest BCUT2D eigenvalue weighted by atomic mass is 10.2. The van der Waals surface area contributed by atoms with Gasteiger partial charge >= 0.3 is 16.1 Å². The Labute approximate surface area is 135 Å². The third-order valence-corrected chi connectivity index (χ3v) is 3.70. The SMILES string of the molecule is CCOC(=O)c1ccc(OS(=O)(=O)C=Cc2ccccc2)cc1. The van der Waals surface area contributed by atoms with Crippen LogP contribution in [-0.4, -0.2) is 21.0 Å². The van der Waals surface area contributed by atoms with E-state index in [0.717, 1.165) is 11.0 Å². The molecule has 2 aromatic carbocycles. The lowest BCUT2D eigenvalue weighted by molar-refractivity contribution is 0.0526. The van der Waals surface area contributed by atoms with E-state index in [4.69, 9.17) is 8.92 Å². The normalized spacial score (nSPS) is 11.3. The molecule has 0 aliphatic rings. The monoisotopic (exact) mass is 332 g/mol. The van der Waals surface area contributed by atoms with Gasteiger partial charge in [0, 0.05) is 0 Å². The summed E-state index contributed by atoms with van der Waals surface area (Å²) in [7, 11) is -3.87. The maximum absolute atomic E-state index is 11.9. The molecule has 0 saturated carbocycles. The highest BCUT2D eigenvalue weighted by Crippen LogP contribution is 2.16. The molecular formula is C17H16O5S. The number of carbonyl (C=O) groups excluding carboxylic acids is 1. The number of carbonyl (C=O) groups is 1. The summed E-state index contributed by atoms with van der Waals surface area (Å²) >= 11 is 0. The molecule has 0 radical (unpaired) electrons. The molecule has 0 bridgehead atoms. The molecule has 0 amide bonds. The Bertz CT molecular complexity index is 777. The van der Waals surface area contributed by atoms with E-state index in [9.17, 15) is 13.2 Å². The van der Waals surface area contributed by atoms with Crippen molar-refractivity contribution in [2.24, 2.45) is 0 Å². The van der Waals surface area contributed by atoms with Gasteiger partial charge in [0.05, 0.1) is 17.6 Å². The van der Waals surface area contributed by atoms with Gasteiger partial charge in [-0.25, -0.2) is 4.79 Å². The average Bonchev–Trinajstić information content (AvgIpc) is 2.55. The van der Waals surface area contributed by atoms with Crippen LogP contribution in [0.25, 0.3) is 6.08 Å². The lowest BCUT2D eigenvalue weighted by Gasteiger charge is -2.05. The fourth-order valence-electron chi connectivity index (χ4n) is 1.75. The van der Waals surface area contributed by atoms with Gasteiger partial charge in [-0.2, -0.15) is 8.42 Å². The molecule has 6 heteroatoms. The fraction of sp³-hybridized carbons (Fsp3) is 0.118. The van der Waals surface area contributed by atoms with Gasteiger partial charge in [-0.05, 0) is 42.8 Å². The summed E-state index contributed by atoms with van der Waals surface area (Å²) in [5.41, 5.74) is 1.08. The minimum atomic E-state index is -3.87. The van der Waals surface area contributed by atoms with E-state index < -0.39 is 16.1 Å². The first-order valence-electron chi connectivity index (χ1n) is 6.95. The summed E-state index contributed by atoms with van der Waals surface area (Å²) < 4.78 is 33.6. The molecule has 0 aliphatic heterocycles. The van der Waals surface area contributed by atoms with E-state index in [2.05, 4.69) is 0 Å². The second-order valence-corrected chi connectivity index (χ2v) is 5.96. The van der Waals surface area contributed by atoms with E-state index in [-0.39, 0.29) is 12.4 Å². The Morgan fingerprint density at radius 1 is 1.04 bits per heavy atom. The molecule has 5 nitrogen and oxygen atoms in total. The molecule has 0 aliphatic carbocycles. The number of esters is 1. The highest BCUT2D eigenvalue weighted by Gasteiger charge is 2.10. The first kappa shape index (κ1) is 16.8. The number of rotatable bonds is 6. The number of hydrogen-bond donors (Lipinski definition) is 0. The Hall–Kier alpha value is -2.60. The Morgan fingerprint density at radius 2 is 1.70 bits per heavy atom. The molecule has 0 fully saturated rings. The van der Waals surface area contributed by atoms with Crippen LogP contribution in [0, 0.1) is 0 Å². The molecule has 120 valence electrons. The van der Waals surface area contributed by atoms with Crippen LogP contribution < -0.4 is 4.18 Å². The zero-order valence-corrected chi connectivity index (χ0v) is 13.3. The fourth-order valence-corrected chi connectivity index (χ4v) is 2.51. The molecule has 0 unspecified atom stereocenters. The van der Waals surface area contributed by atoms with Gasteiger partial charge in [0.15, 0.2) is 0 Å². The largest absolute Gasteiger partial charge is 0.462 e. The molecule has 2 rings (SSSR count). The molecule has 2 aromatic rings. The molecule has 0 atom stereocenters. The summed E-state index contributed by atoms with van der Waals surface area (Å²) in [6.45, 7) is 1.98. The lowest BCUT2D eigenvalue weighted by Crippen LogP contribution is -2.06. The Kier molecular flexibility index (Phi) is 5.54. The van der Waals surface area contributed by atoms with Gasteiger partial charge in [-0.3, -0.25) is 0 Å². The van der Waals surface area contributed by atoms with Crippen molar-refractivity contribution < 1.29 is 22.1 Å². The first-order valence-corrected chi connectivity index (χ1v) is 8.42. The number of hydrogen-bond acceptors (Lipinski definition) is 5. The summed E-state index contributed by atoms with van der Waals surface area (Å²) in [4.78, 5) is 11.5. The third-order valence-electron chi connectivity index (χ3n) is 2.80. The summed E-state index contributed by atoms with van der Waals surface area (Å²) in [6, 6.07) is 14.7. The van der Waals surface area contributed by atoms with E-state index >= 15 is 0 Å². The highest BCUT2D eigenvalue weighted by molar-refractivity contribution is 7.90. The molecule has 0 spiro atoms. The first-order chi connectivity index (χ1) is 11.0. The topological polar surface area (TPSA) is 69.7 Å². The van der Waals surface area contributed by atoms with Crippen molar-refractivity contribution in [3.8, 4) is 5.75 Å². The summed E-state index contributed by atoms with van der Waals surface area (Å²) in [6.07, 6.45) is 1.45. The van der Waals surface area contributed by atoms with Crippen LogP contribution in [-0.2, 0) is 14.9 Å².